The summed E-state index contributed by atoms with van der Waals surface area (Å²) in [4.78, 5) is 36.4. The lowest BCUT2D eigenvalue weighted by molar-refractivity contribution is -0.135. The number of nitrogens with one attached hydrogen (secondary N) is 2. The zero-order valence-electron chi connectivity index (χ0n) is 15.1. The number of hydrogen-bond acceptors (Lipinski definition) is 4. The number of hydroxylamine groups is 1. The van der Waals surface area contributed by atoms with Gasteiger partial charge in [0.15, 0.2) is 0 Å². The van der Waals surface area contributed by atoms with Gasteiger partial charge < -0.3 is 5.32 Å². The van der Waals surface area contributed by atoms with Crippen LogP contribution in [0.1, 0.15) is 38.7 Å². The molecule has 138 valence electrons. The van der Waals surface area contributed by atoms with E-state index in [1.807, 2.05) is 44.2 Å². The summed E-state index contributed by atoms with van der Waals surface area (Å²) in [7, 11) is 1.55. The van der Waals surface area contributed by atoms with Gasteiger partial charge in [0.05, 0.1) is 0 Å². The molecular formula is C19H28N2O4. The number of carbonyl (C=O) groups is 3. The maximum Gasteiger partial charge on any atom is 0.244 e. The Kier molecular flexibility index (Phi) is 8.84. The number of hydrogen-bond donors (Lipinski definition) is 3. The van der Waals surface area contributed by atoms with Crippen LogP contribution in [0.3, 0.4) is 0 Å². The van der Waals surface area contributed by atoms with Gasteiger partial charge in [-0.1, -0.05) is 44.2 Å². The molecule has 25 heavy (non-hydrogen) atoms. The van der Waals surface area contributed by atoms with Gasteiger partial charge in [0.25, 0.3) is 0 Å². The van der Waals surface area contributed by atoms with Gasteiger partial charge in [-0.25, -0.2) is 5.48 Å². The zero-order valence-corrected chi connectivity index (χ0v) is 15.1. The largest absolute Gasteiger partial charge is 0.359 e. The van der Waals surface area contributed by atoms with Gasteiger partial charge in [0, 0.05) is 31.7 Å². The van der Waals surface area contributed by atoms with Gasteiger partial charge >= 0.3 is 0 Å². The fourth-order valence-electron chi connectivity index (χ4n) is 2.94. The zero-order chi connectivity index (χ0) is 18.8. The van der Waals surface area contributed by atoms with Crippen LogP contribution in [0.5, 0.6) is 0 Å². The van der Waals surface area contributed by atoms with Crippen molar-refractivity contribution in [1.29, 1.82) is 0 Å². The van der Waals surface area contributed by atoms with Crippen molar-refractivity contribution in [3.8, 4) is 0 Å². The molecule has 0 bridgehead atoms. The van der Waals surface area contributed by atoms with Crippen LogP contribution in [0.25, 0.3) is 0 Å². The highest BCUT2D eigenvalue weighted by Crippen LogP contribution is 2.22. The number of rotatable bonds is 10. The fourth-order valence-corrected chi connectivity index (χ4v) is 2.94. The molecule has 6 nitrogen and oxygen atoms in total. The summed E-state index contributed by atoms with van der Waals surface area (Å²) < 4.78 is 0. The Labute approximate surface area is 149 Å². The van der Waals surface area contributed by atoms with E-state index in [0.717, 1.165) is 5.56 Å². The second kappa shape index (κ2) is 10.6. The molecule has 0 aliphatic carbocycles. The van der Waals surface area contributed by atoms with Crippen molar-refractivity contribution < 1.29 is 19.6 Å². The van der Waals surface area contributed by atoms with Crippen LogP contribution in [-0.2, 0) is 20.8 Å². The highest BCUT2D eigenvalue weighted by Gasteiger charge is 2.28. The monoisotopic (exact) mass is 348 g/mol. The first kappa shape index (κ1) is 20.8. The van der Waals surface area contributed by atoms with E-state index in [0.29, 0.717) is 12.8 Å². The smallest absolute Gasteiger partial charge is 0.244 e. The number of amides is 2. The van der Waals surface area contributed by atoms with Crippen molar-refractivity contribution >= 4 is 17.6 Å². The third-order valence-electron chi connectivity index (χ3n) is 4.16. The molecule has 0 saturated carbocycles. The molecular weight excluding hydrogens is 320 g/mol. The molecule has 2 atom stereocenters. The highest BCUT2D eigenvalue weighted by atomic mass is 16.5. The maximum absolute atomic E-state index is 12.7. The molecule has 0 fully saturated rings. The van der Waals surface area contributed by atoms with E-state index < -0.39 is 17.7 Å². The Morgan fingerprint density at radius 3 is 2.20 bits per heavy atom. The summed E-state index contributed by atoms with van der Waals surface area (Å²) >= 11 is 0. The average molecular weight is 348 g/mol. The molecule has 0 spiro atoms. The summed E-state index contributed by atoms with van der Waals surface area (Å²) in [6.45, 7) is 3.94. The van der Waals surface area contributed by atoms with Crippen LogP contribution >= 0.6 is 0 Å². The standard InChI is InChI=1S/C19H28N2O4/c1-13(2)9-15(12-18(23)21-25)17(22)11-16(19(24)20-3)10-14-7-5-4-6-8-14/h4-8,13,15-16,25H,9-12H2,1-3H3,(H,20,24)(H,21,23)/t15-,16-/m1/s1. The first-order valence-electron chi connectivity index (χ1n) is 8.58. The minimum Gasteiger partial charge on any atom is -0.359 e. The number of carbonyl (C=O) groups excluding carboxylic acids is 3. The topological polar surface area (TPSA) is 95.5 Å². The Morgan fingerprint density at radius 2 is 1.68 bits per heavy atom. The van der Waals surface area contributed by atoms with E-state index in [-0.39, 0.29) is 30.4 Å². The number of benzene rings is 1. The SMILES string of the molecule is CNC(=O)[C@@H](CC(=O)[C@@H](CC(=O)NO)CC(C)C)Cc1ccccc1. The summed E-state index contributed by atoms with van der Waals surface area (Å²) in [5.41, 5.74) is 2.56. The van der Waals surface area contributed by atoms with Crippen LogP contribution in [0.15, 0.2) is 30.3 Å². The Hall–Kier alpha value is -2.21. The van der Waals surface area contributed by atoms with Gasteiger partial charge in [-0.2, -0.15) is 0 Å². The molecule has 0 unspecified atom stereocenters. The Bertz CT molecular complexity index is 572. The summed E-state index contributed by atoms with van der Waals surface area (Å²) in [6, 6.07) is 9.53. The quantitative estimate of drug-likeness (QED) is 0.446. The van der Waals surface area contributed by atoms with Crippen LogP contribution in [0.4, 0.5) is 0 Å². The summed E-state index contributed by atoms with van der Waals surface area (Å²) in [6.07, 6.45) is 1.01. The molecule has 0 aliphatic rings. The van der Waals surface area contributed by atoms with E-state index in [1.54, 1.807) is 12.5 Å². The molecule has 0 saturated heterocycles. The summed E-state index contributed by atoms with van der Waals surface area (Å²) in [5, 5.41) is 11.3. The molecule has 0 heterocycles. The molecule has 0 aliphatic heterocycles. The lowest BCUT2D eigenvalue weighted by atomic mass is 9.84. The van der Waals surface area contributed by atoms with Crippen molar-refractivity contribution in [3.63, 3.8) is 0 Å². The third kappa shape index (κ3) is 7.47. The van der Waals surface area contributed by atoms with Gasteiger partial charge in [-0.05, 0) is 24.3 Å². The molecule has 6 heteroatoms. The van der Waals surface area contributed by atoms with Gasteiger partial charge in [0.1, 0.15) is 5.78 Å². The van der Waals surface area contributed by atoms with Crippen molar-refractivity contribution in [1.82, 2.24) is 10.8 Å². The van der Waals surface area contributed by atoms with Crippen LogP contribution in [-0.4, -0.2) is 29.9 Å². The van der Waals surface area contributed by atoms with Crippen LogP contribution in [0, 0.1) is 17.8 Å². The molecule has 1 rings (SSSR count). The van der Waals surface area contributed by atoms with Crippen LogP contribution in [0.2, 0.25) is 0 Å². The molecule has 1 aromatic rings. The minimum atomic E-state index is -0.585. The molecule has 0 aromatic heterocycles. The lowest BCUT2D eigenvalue weighted by Gasteiger charge is -2.20. The number of Topliss-reactive ketones (excluding diaryl/α,β-unsaturated/α-hetero) is 1. The fraction of sp³-hybridized carbons (Fsp3) is 0.526. The van der Waals surface area contributed by atoms with E-state index >= 15 is 0 Å². The minimum absolute atomic E-state index is 0.0701. The maximum atomic E-state index is 12.7. The molecule has 0 radical (unpaired) electrons. The van der Waals surface area contributed by atoms with Crippen LogP contribution < -0.4 is 10.8 Å². The van der Waals surface area contributed by atoms with E-state index in [9.17, 15) is 14.4 Å². The molecule has 1 aromatic carbocycles. The first-order chi connectivity index (χ1) is 11.9. The lowest BCUT2D eigenvalue weighted by Crippen LogP contribution is -2.33. The van der Waals surface area contributed by atoms with Gasteiger partial charge in [0.2, 0.25) is 11.8 Å². The predicted octanol–water partition coefficient (Wildman–Crippen LogP) is 2.11. The van der Waals surface area contributed by atoms with E-state index in [1.165, 1.54) is 0 Å². The Balaban J connectivity index is 2.85. The third-order valence-corrected chi connectivity index (χ3v) is 4.16. The molecule has 3 N–H and O–H groups in total. The summed E-state index contributed by atoms with van der Waals surface area (Å²) in [5.74, 6) is -1.65. The molecule has 2 amide bonds. The van der Waals surface area contributed by atoms with Crippen molar-refractivity contribution in [2.45, 2.75) is 39.5 Å². The second-order valence-corrected chi connectivity index (χ2v) is 6.74. The second-order valence-electron chi connectivity index (χ2n) is 6.74. The normalized spacial score (nSPS) is 13.2. The van der Waals surface area contributed by atoms with Crippen molar-refractivity contribution in [2.75, 3.05) is 7.05 Å². The van der Waals surface area contributed by atoms with Crippen molar-refractivity contribution in [3.05, 3.63) is 35.9 Å². The first-order valence-corrected chi connectivity index (χ1v) is 8.58. The van der Waals surface area contributed by atoms with Gasteiger partial charge in [-0.15, -0.1) is 0 Å². The average Bonchev–Trinajstić information content (AvgIpc) is 2.60. The van der Waals surface area contributed by atoms with E-state index in [4.69, 9.17) is 5.21 Å². The highest BCUT2D eigenvalue weighted by molar-refractivity contribution is 5.90. The van der Waals surface area contributed by atoms with Crippen molar-refractivity contribution in [2.24, 2.45) is 17.8 Å². The number of ketones is 1. The van der Waals surface area contributed by atoms with Gasteiger partial charge in [-0.3, -0.25) is 19.6 Å². The Morgan fingerprint density at radius 1 is 1.04 bits per heavy atom. The predicted molar refractivity (Wildman–Crippen MR) is 94.8 cm³/mol. The van der Waals surface area contributed by atoms with E-state index in [2.05, 4.69) is 5.32 Å².